The van der Waals surface area contributed by atoms with E-state index in [4.69, 9.17) is 4.98 Å². The number of para-hydroxylation sites is 1. The Kier molecular flexibility index (Phi) is 5.83. The van der Waals surface area contributed by atoms with Gasteiger partial charge in [0.1, 0.15) is 0 Å². The van der Waals surface area contributed by atoms with E-state index in [-0.39, 0.29) is 17.2 Å². The Morgan fingerprint density at radius 2 is 1.77 bits per heavy atom. The van der Waals surface area contributed by atoms with Crippen LogP contribution in [0.15, 0.2) is 60.7 Å². The van der Waals surface area contributed by atoms with Crippen LogP contribution in [-0.2, 0) is 6.18 Å². The molecule has 0 bridgehead atoms. The summed E-state index contributed by atoms with van der Waals surface area (Å²) < 4.78 is 42.8. The van der Waals surface area contributed by atoms with E-state index in [9.17, 15) is 18.0 Å². The normalized spacial score (nSPS) is 16.6. The molecule has 0 spiro atoms. The summed E-state index contributed by atoms with van der Waals surface area (Å²) in [6.45, 7) is 5.12. The van der Waals surface area contributed by atoms with E-state index in [1.165, 1.54) is 22.9 Å². The fourth-order valence-corrected chi connectivity index (χ4v) is 4.82. The van der Waals surface area contributed by atoms with E-state index in [0.717, 1.165) is 24.5 Å². The van der Waals surface area contributed by atoms with Crippen molar-refractivity contribution in [3.05, 3.63) is 77.5 Å². The first-order chi connectivity index (χ1) is 16.7. The van der Waals surface area contributed by atoms with Gasteiger partial charge in [-0.05, 0) is 43.9 Å². The molecule has 1 saturated heterocycles. The van der Waals surface area contributed by atoms with Crippen molar-refractivity contribution in [2.45, 2.75) is 32.9 Å². The summed E-state index contributed by atoms with van der Waals surface area (Å²) in [7, 11) is 0. The minimum atomic E-state index is -4.57. The van der Waals surface area contributed by atoms with Gasteiger partial charge in [-0.2, -0.15) is 18.3 Å². The van der Waals surface area contributed by atoms with Crippen LogP contribution in [0.4, 0.5) is 13.2 Å². The number of benzene rings is 2. The molecule has 1 aliphatic heterocycles. The lowest BCUT2D eigenvalue weighted by molar-refractivity contribution is -0.137. The van der Waals surface area contributed by atoms with E-state index >= 15 is 0 Å². The number of piperidine rings is 1. The Balaban J connectivity index is 1.77. The number of halogens is 3. The lowest BCUT2D eigenvalue weighted by atomic mass is 9.98. The number of rotatable bonds is 3. The van der Waals surface area contributed by atoms with Crippen LogP contribution < -0.4 is 0 Å². The molecule has 1 amide bonds. The van der Waals surface area contributed by atoms with E-state index < -0.39 is 11.7 Å². The molecule has 0 aliphatic carbocycles. The van der Waals surface area contributed by atoms with Crippen molar-refractivity contribution in [1.29, 1.82) is 0 Å². The van der Waals surface area contributed by atoms with Gasteiger partial charge < -0.3 is 4.90 Å². The molecule has 0 saturated carbocycles. The molecule has 5 rings (SSSR count). The number of carbonyl (C=O) groups excluding carboxylic acids is 1. The van der Waals surface area contributed by atoms with E-state index in [1.807, 2.05) is 35.2 Å². The number of alkyl halides is 3. The lowest BCUT2D eigenvalue weighted by Gasteiger charge is -2.31. The van der Waals surface area contributed by atoms with Crippen molar-refractivity contribution in [3.63, 3.8) is 0 Å². The SMILES string of the molecule is Cc1nn(-c2ccccc2C(F)(F)F)c2nc(-c3ccccc3)cc(C(=O)N3CCCC(C)C3)c12. The van der Waals surface area contributed by atoms with Crippen molar-refractivity contribution in [2.75, 3.05) is 13.1 Å². The van der Waals surface area contributed by atoms with Gasteiger partial charge >= 0.3 is 6.18 Å². The zero-order valence-electron chi connectivity index (χ0n) is 19.5. The summed E-state index contributed by atoms with van der Waals surface area (Å²) >= 11 is 0. The molecular formula is C27H25F3N4O. The van der Waals surface area contributed by atoms with Gasteiger partial charge in [0, 0.05) is 18.7 Å². The Hall–Kier alpha value is -3.68. The molecule has 5 nitrogen and oxygen atoms in total. The monoisotopic (exact) mass is 478 g/mol. The first-order valence-electron chi connectivity index (χ1n) is 11.7. The molecule has 35 heavy (non-hydrogen) atoms. The second-order valence-corrected chi connectivity index (χ2v) is 9.13. The van der Waals surface area contributed by atoms with Gasteiger partial charge in [0.25, 0.3) is 5.91 Å². The number of amides is 1. The van der Waals surface area contributed by atoms with Crippen LogP contribution in [0.2, 0.25) is 0 Å². The summed E-state index contributed by atoms with van der Waals surface area (Å²) in [5, 5.41) is 4.93. The smallest absolute Gasteiger partial charge is 0.338 e. The quantitative estimate of drug-likeness (QED) is 0.348. The molecular weight excluding hydrogens is 453 g/mol. The third-order valence-electron chi connectivity index (χ3n) is 6.49. The van der Waals surface area contributed by atoms with Gasteiger partial charge in [0.2, 0.25) is 0 Å². The fraction of sp³-hybridized carbons (Fsp3) is 0.296. The van der Waals surface area contributed by atoms with Crippen LogP contribution in [0.25, 0.3) is 28.0 Å². The maximum absolute atomic E-state index is 13.8. The molecule has 2 aromatic carbocycles. The number of pyridine rings is 1. The Bertz CT molecular complexity index is 1400. The second-order valence-electron chi connectivity index (χ2n) is 9.13. The van der Waals surface area contributed by atoms with Gasteiger partial charge in [-0.15, -0.1) is 0 Å². The molecule has 3 heterocycles. The molecule has 2 aromatic heterocycles. The highest BCUT2D eigenvalue weighted by atomic mass is 19.4. The zero-order chi connectivity index (χ0) is 24.7. The third kappa shape index (κ3) is 4.29. The van der Waals surface area contributed by atoms with Crippen molar-refractivity contribution >= 4 is 16.9 Å². The molecule has 0 radical (unpaired) electrons. The summed E-state index contributed by atoms with van der Waals surface area (Å²) in [5.41, 5.74) is 1.44. The molecule has 1 fully saturated rings. The van der Waals surface area contributed by atoms with Crippen molar-refractivity contribution in [3.8, 4) is 16.9 Å². The second kappa shape index (κ2) is 8.83. The standard InChI is InChI=1S/C27H25F3N4O/c1-17-9-8-14-33(16-17)26(35)20-15-22(19-10-4-3-5-11-19)31-25-24(20)18(2)32-34(25)23-13-7-6-12-21(23)27(28,29)30/h3-7,10-13,15,17H,8-9,14,16H2,1-2H3. The van der Waals surface area contributed by atoms with E-state index in [1.54, 1.807) is 13.0 Å². The van der Waals surface area contributed by atoms with E-state index in [0.29, 0.717) is 41.3 Å². The number of carbonyl (C=O) groups is 1. The van der Waals surface area contributed by atoms with Crippen LogP contribution in [0.5, 0.6) is 0 Å². The first-order valence-corrected chi connectivity index (χ1v) is 11.7. The van der Waals surface area contributed by atoms with Gasteiger partial charge in [0.15, 0.2) is 5.65 Å². The van der Waals surface area contributed by atoms with Crippen LogP contribution >= 0.6 is 0 Å². The van der Waals surface area contributed by atoms with Crippen LogP contribution in [0.3, 0.4) is 0 Å². The molecule has 4 aromatic rings. The minimum absolute atomic E-state index is 0.124. The first kappa shape index (κ1) is 23.1. The molecule has 180 valence electrons. The lowest BCUT2D eigenvalue weighted by Crippen LogP contribution is -2.39. The number of aryl methyl sites for hydroxylation is 1. The van der Waals surface area contributed by atoms with Crippen molar-refractivity contribution in [1.82, 2.24) is 19.7 Å². The molecule has 1 unspecified atom stereocenters. The third-order valence-corrected chi connectivity index (χ3v) is 6.49. The van der Waals surface area contributed by atoms with Crippen molar-refractivity contribution < 1.29 is 18.0 Å². The van der Waals surface area contributed by atoms with Gasteiger partial charge in [-0.25, -0.2) is 9.67 Å². The largest absolute Gasteiger partial charge is 0.418 e. The minimum Gasteiger partial charge on any atom is -0.338 e. The number of hydrogen-bond acceptors (Lipinski definition) is 3. The molecule has 1 aliphatic rings. The fourth-order valence-electron chi connectivity index (χ4n) is 4.82. The Labute approximate surface area is 201 Å². The molecule has 0 N–H and O–H groups in total. The molecule has 1 atom stereocenters. The number of likely N-dealkylation sites (tertiary alicyclic amines) is 1. The number of fused-ring (bicyclic) bond motifs is 1. The Morgan fingerprint density at radius 3 is 2.49 bits per heavy atom. The summed E-state index contributed by atoms with van der Waals surface area (Å²) in [6, 6.07) is 16.3. The van der Waals surface area contributed by atoms with Crippen molar-refractivity contribution in [2.24, 2.45) is 5.92 Å². The highest BCUT2D eigenvalue weighted by molar-refractivity contribution is 6.07. The van der Waals surface area contributed by atoms with Crippen LogP contribution in [0, 0.1) is 12.8 Å². The van der Waals surface area contributed by atoms with Crippen LogP contribution in [0.1, 0.15) is 41.4 Å². The summed E-state index contributed by atoms with van der Waals surface area (Å²) in [5.74, 6) is 0.244. The maximum atomic E-state index is 13.8. The average molecular weight is 479 g/mol. The van der Waals surface area contributed by atoms with Crippen LogP contribution in [-0.4, -0.2) is 38.7 Å². The van der Waals surface area contributed by atoms with Gasteiger partial charge in [0.05, 0.1) is 33.6 Å². The predicted octanol–water partition coefficient (Wildman–Crippen LogP) is 6.29. The van der Waals surface area contributed by atoms with Gasteiger partial charge in [-0.3, -0.25) is 4.79 Å². The molecule has 8 heteroatoms. The van der Waals surface area contributed by atoms with Gasteiger partial charge in [-0.1, -0.05) is 49.4 Å². The number of nitrogens with zero attached hydrogens (tertiary/aromatic N) is 4. The highest BCUT2D eigenvalue weighted by Crippen LogP contribution is 2.36. The highest BCUT2D eigenvalue weighted by Gasteiger charge is 2.35. The number of aromatic nitrogens is 3. The average Bonchev–Trinajstić information content (AvgIpc) is 3.19. The Morgan fingerprint density at radius 1 is 1.06 bits per heavy atom. The zero-order valence-corrected chi connectivity index (χ0v) is 19.5. The number of hydrogen-bond donors (Lipinski definition) is 0. The predicted molar refractivity (Wildman–Crippen MR) is 128 cm³/mol. The maximum Gasteiger partial charge on any atom is 0.418 e. The topological polar surface area (TPSA) is 51.0 Å². The summed E-state index contributed by atoms with van der Waals surface area (Å²) in [4.78, 5) is 20.3. The van der Waals surface area contributed by atoms with E-state index in [2.05, 4.69) is 12.0 Å². The summed E-state index contributed by atoms with van der Waals surface area (Å²) in [6.07, 6.45) is -2.58.